The summed E-state index contributed by atoms with van der Waals surface area (Å²) >= 11 is 0. The van der Waals surface area contributed by atoms with Crippen LogP contribution in [0.3, 0.4) is 0 Å². The van der Waals surface area contributed by atoms with Gasteiger partial charge in [0.2, 0.25) is 0 Å². The van der Waals surface area contributed by atoms with Crippen molar-refractivity contribution in [1.82, 2.24) is 9.55 Å². The van der Waals surface area contributed by atoms with E-state index in [-0.39, 0.29) is 18.2 Å². The lowest BCUT2D eigenvalue weighted by Crippen LogP contribution is -2.16. The van der Waals surface area contributed by atoms with E-state index in [0.717, 1.165) is 11.3 Å². The van der Waals surface area contributed by atoms with Crippen LogP contribution in [0.15, 0.2) is 41.5 Å². The van der Waals surface area contributed by atoms with Gasteiger partial charge in [-0.15, -0.1) is 0 Å². The van der Waals surface area contributed by atoms with E-state index in [4.69, 9.17) is 0 Å². The highest BCUT2D eigenvalue weighted by atomic mass is 16.3. The highest BCUT2D eigenvalue weighted by molar-refractivity contribution is 5.43. The van der Waals surface area contributed by atoms with Crippen molar-refractivity contribution in [3.8, 4) is 5.69 Å². The molecule has 0 aliphatic carbocycles. The van der Waals surface area contributed by atoms with Crippen LogP contribution in [0, 0.1) is 0 Å². The lowest BCUT2D eigenvalue weighted by atomic mass is 10.00. The van der Waals surface area contributed by atoms with Gasteiger partial charge in [0.1, 0.15) is 0 Å². The Morgan fingerprint density at radius 2 is 2.19 bits per heavy atom. The SMILES string of the molecule is CC(CO)c1ccccc1-n1cc[nH]c1=O. The van der Waals surface area contributed by atoms with Crippen LogP contribution in [-0.4, -0.2) is 21.3 Å². The van der Waals surface area contributed by atoms with Crippen molar-refractivity contribution in [1.29, 1.82) is 0 Å². The molecule has 4 heteroatoms. The summed E-state index contributed by atoms with van der Waals surface area (Å²) in [6.07, 6.45) is 3.29. The van der Waals surface area contributed by atoms with Crippen molar-refractivity contribution in [2.45, 2.75) is 12.8 Å². The van der Waals surface area contributed by atoms with E-state index in [1.54, 1.807) is 17.0 Å². The van der Waals surface area contributed by atoms with E-state index in [0.29, 0.717) is 0 Å². The van der Waals surface area contributed by atoms with Crippen molar-refractivity contribution in [3.05, 3.63) is 52.7 Å². The lowest BCUT2D eigenvalue weighted by molar-refractivity contribution is 0.273. The van der Waals surface area contributed by atoms with Gasteiger partial charge >= 0.3 is 5.69 Å². The van der Waals surface area contributed by atoms with E-state index in [2.05, 4.69) is 4.98 Å². The molecule has 0 aliphatic heterocycles. The molecule has 16 heavy (non-hydrogen) atoms. The third-order valence-electron chi connectivity index (χ3n) is 2.65. The van der Waals surface area contributed by atoms with Gasteiger partial charge in [-0.05, 0) is 11.6 Å². The Kier molecular flexibility index (Phi) is 2.92. The maximum atomic E-state index is 11.5. The number of para-hydroxylation sites is 1. The van der Waals surface area contributed by atoms with E-state index in [9.17, 15) is 9.90 Å². The van der Waals surface area contributed by atoms with Crippen LogP contribution in [0.5, 0.6) is 0 Å². The summed E-state index contributed by atoms with van der Waals surface area (Å²) in [5.41, 5.74) is 1.61. The molecule has 1 atom stereocenters. The Hall–Kier alpha value is -1.81. The number of hydrogen-bond acceptors (Lipinski definition) is 2. The van der Waals surface area contributed by atoms with Crippen molar-refractivity contribution in [2.75, 3.05) is 6.61 Å². The third-order valence-corrected chi connectivity index (χ3v) is 2.65. The number of aliphatic hydroxyl groups is 1. The van der Waals surface area contributed by atoms with Crippen LogP contribution in [0.25, 0.3) is 5.69 Å². The molecule has 1 aromatic heterocycles. The fraction of sp³-hybridized carbons (Fsp3) is 0.250. The first-order valence-corrected chi connectivity index (χ1v) is 5.20. The summed E-state index contributed by atoms with van der Waals surface area (Å²) in [5, 5.41) is 9.18. The molecule has 4 nitrogen and oxygen atoms in total. The largest absolute Gasteiger partial charge is 0.396 e. The molecule has 0 amide bonds. The lowest BCUT2D eigenvalue weighted by Gasteiger charge is -2.13. The van der Waals surface area contributed by atoms with Gasteiger partial charge in [-0.3, -0.25) is 4.57 Å². The minimum absolute atomic E-state index is 0.0120. The Morgan fingerprint density at radius 3 is 2.81 bits per heavy atom. The first-order valence-electron chi connectivity index (χ1n) is 5.20. The summed E-state index contributed by atoms with van der Waals surface area (Å²) in [5.74, 6) is 0.0120. The van der Waals surface area contributed by atoms with Crippen LogP contribution in [0.2, 0.25) is 0 Å². The molecule has 84 valence electrons. The third kappa shape index (κ3) is 1.79. The smallest absolute Gasteiger partial charge is 0.330 e. The minimum atomic E-state index is -0.169. The molecular formula is C12H14N2O2. The average molecular weight is 218 g/mol. The molecule has 0 saturated heterocycles. The van der Waals surface area contributed by atoms with Crippen LogP contribution in [-0.2, 0) is 0 Å². The summed E-state index contributed by atoms with van der Waals surface area (Å²) in [7, 11) is 0. The number of benzene rings is 1. The van der Waals surface area contributed by atoms with Gasteiger partial charge in [0, 0.05) is 24.9 Å². The number of nitrogens with zero attached hydrogens (tertiary/aromatic N) is 1. The second-order valence-electron chi connectivity index (χ2n) is 3.78. The highest BCUT2D eigenvalue weighted by Crippen LogP contribution is 2.21. The van der Waals surface area contributed by atoms with Crippen LogP contribution >= 0.6 is 0 Å². The Morgan fingerprint density at radius 1 is 1.44 bits per heavy atom. The van der Waals surface area contributed by atoms with Crippen molar-refractivity contribution in [2.24, 2.45) is 0 Å². The summed E-state index contributed by atoms with van der Waals surface area (Å²) < 4.78 is 1.54. The molecule has 2 rings (SSSR count). The first-order chi connectivity index (χ1) is 7.74. The fourth-order valence-electron chi connectivity index (χ4n) is 1.73. The number of rotatable bonds is 3. The van der Waals surface area contributed by atoms with Gasteiger partial charge in [-0.2, -0.15) is 0 Å². The maximum absolute atomic E-state index is 11.5. The Labute approximate surface area is 93.2 Å². The molecule has 2 N–H and O–H groups in total. The monoisotopic (exact) mass is 218 g/mol. The molecule has 1 aromatic carbocycles. The number of aromatic nitrogens is 2. The van der Waals surface area contributed by atoms with E-state index >= 15 is 0 Å². The highest BCUT2D eigenvalue weighted by Gasteiger charge is 2.11. The molecule has 0 bridgehead atoms. The number of H-pyrrole nitrogens is 1. The zero-order chi connectivity index (χ0) is 11.5. The predicted molar refractivity (Wildman–Crippen MR) is 61.9 cm³/mol. The average Bonchev–Trinajstić information content (AvgIpc) is 2.74. The molecule has 0 spiro atoms. The van der Waals surface area contributed by atoms with Gasteiger partial charge in [0.15, 0.2) is 0 Å². The maximum Gasteiger partial charge on any atom is 0.330 e. The van der Waals surface area contributed by atoms with Crippen molar-refractivity contribution < 1.29 is 5.11 Å². The van der Waals surface area contributed by atoms with Crippen LogP contribution in [0.1, 0.15) is 18.4 Å². The van der Waals surface area contributed by atoms with Gasteiger partial charge < -0.3 is 10.1 Å². The van der Waals surface area contributed by atoms with Gasteiger partial charge in [-0.1, -0.05) is 25.1 Å². The molecular weight excluding hydrogens is 204 g/mol. The summed E-state index contributed by atoms with van der Waals surface area (Å²) in [4.78, 5) is 14.1. The van der Waals surface area contributed by atoms with E-state index in [1.165, 1.54) is 0 Å². The number of nitrogens with one attached hydrogen (secondary N) is 1. The fourth-order valence-corrected chi connectivity index (χ4v) is 1.73. The van der Waals surface area contributed by atoms with E-state index in [1.807, 2.05) is 31.2 Å². The molecule has 1 heterocycles. The second kappa shape index (κ2) is 4.37. The molecule has 0 fully saturated rings. The normalized spacial score (nSPS) is 12.6. The molecule has 1 unspecified atom stereocenters. The van der Waals surface area contributed by atoms with Crippen molar-refractivity contribution in [3.63, 3.8) is 0 Å². The molecule has 0 radical (unpaired) electrons. The Balaban J connectivity index is 2.57. The zero-order valence-electron chi connectivity index (χ0n) is 9.05. The van der Waals surface area contributed by atoms with Gasteiger partial charge in [-0.25, -0.2) is 4.79 Å². The van der Waals surface area contributed by atoms with E-state index < -0.39 is 0 Å². The number of imidazole rings is 1. The predicted octanol–water partition coefficient (Wildman–Crippen LogP) is 1.26. The Bertz CT molecular complexity index is 528. The summed E-state index contributed by atoms with van der Waals surface area (Å²) in [6, 6.07) is 7.58. The molecule has 0 aliphatic rings. The van der Waals surface area contributed by atoms with Gasteiger partial charge in [0.25, 0.3) is 0 Å². The second-order valence-corrected chi connectivity index (χ2v) is 3.78. The topological polar surface area (TPSA) is 58.0 Å². The first kappa shape index (κ1) is 10.7. The van der Waals surface area contributed by atoms with Gasteiger partial charge in [0.05, 0.1) is 5.69 Å². The minimum Gasteiger partial charge on any atom is -0.396 e. The number of hydrogen-bond donors (Lipinski definition) is 2. The molecule has 2 aromatic rings. The quantitative estimate of drug-likeness (QED) is 0.814. The number of aliphatic hydroxyl groups excluding tert-OH is 1. The molecule has 0 saturated carbocycles. The zero-order valence-corrected chi connectivity index (χ0v) is 9.05. The summed E-state index contributed by atoms with van der Waals surface area (Å²) in [6.45, 7) is 1.99. The standard InChI is InChI=1S/C12H14N2O2/c1-9(8-15)10-4-2-3-5-11(10)14-7-6-13-12(14)16/h2-7,9,15H,8H2,1H3,(H,13,16). The number of aromatic amines is 1. The van der Waals surface area contributed by atoms with Crippen LogP contribution in [0.4, 0.5) is 0 Å². The van der Waals surface area contributed by atoms with Crippen LogP contribution < -0.4 is 5.69 Å². The van der Waals surface area contributed by atoms with Crippen molar-refractivity contribution >= 4 is 0 Å².